The van der Waals surface area contributed by atoms with E-state index >= 15 is 0 Å². The molecule has 0 aliphatic carbocycles. The molecule has 0 amide bonds. The Morgan fingerprint density at radius 3 is 3.09 bits per heavy atom. The molecule has 0 spiro atoms. The van der Waals surface area contributed by atoms with Crippen LogP contribution in [0.3, 0.4) is 0 Å². The zero-order valence-corrected chi connectivity index (χ0v) is 7.49. The molecule has 0 saturated carbocycles. The van der Waals surface area contributed by atoms with Gasteiger partial charge in [0.05, 0.1) is 0 Å². The molecule has 0 aromatic rings. The molecule has 0 radical (unpaired) electrons. The first-order chi connectivity index (χ1) is 5.29. The Morgan fingerprint density at radius 2 is 2.55 bits per heavy atom. The van der Waals surface area contributed by atoms with E-state index in [4.69, 9.17) is 0 Å². The van der Waals surface area contributed by atoms with Crippen molar-refractivity contribution < 1.29 is 4.79 Å². The molecule has 0 unspecified atom stereocenters. The van der Waals surface area contributed by atoms with Crippen LogP contribution in [0.1, 0.15) is 13.3 Å². The fraction of sp³-hybridized carbons (Fsp3) is 0.444. The SMILES string of the molecule is CC(=O)/C=C/C1=CCCSC1. The fourth-order valence-electron chi connectivity index (χ4n) is 0.917. The lowest BCUT2D eigenvalue weighted by molar-refractivity contribution is -0.112. The van der Waals surface area contributed by atoms with E-state index in [0.29, 0.717) is 0 Å². The molecule has 0 bridgehead atoms. The van der Waals surface area contributed by atoms with E-state index in [2.05, 4.69) is 6.08 Å². The normalized spacial score (nSPS) is 18.5. The number of hydrogen-bond donors (Lipinski definition) is 0. The highest BCUT2D eigenvalue weighted by Gasteiger charge is 1.99. The van der Waals surface area contributed by atoms with Crippen molar-refractivity contribution in [3.63, 3.8) is 0 Å². The van der Waals surface area contributed by atoms with Crippen LogP contribution in [-0.2, 0) is 4.79 Å². The van der Waals surface area contributed by atoms with Crippen molar-refractivity contribution in [3.05, 3.63) is 23.8 Å². The average molecular weight is 168 g/mol. The highest BCUT2D eigenvalue weighted by Crippen LogP contribution is 2.17. The predicted molar refractivity (Wildman–Crippen MR) is 49.8 cm³/mol. The maximum atomic E-state index is 10.6. The summed E-state index contributed by atoms with van der Waals surface area (Å²) in [5, 5.41) is 0. The first-order valence-electron chi connectivity index (χ1n) is 3.74. The lowest BCUT2D eigenvalue weighted by Crippen LogP contribution is -1.94. The molecule has 1 aliphatic heterocycles. The maximum absolute atomic E-state index is 10.6. The van der Waals surface area contributed by atoms with E-state index in [9.17, 15) is 4.79 Å². The van der Waals surface area contributed by atoms with Gasteiger partial charge in [0.2, 0.25) is 0 Å². The number of thioether (sulfide) groups is 1. The number of allylic oxidation sites excluding steroid dienone is 3. The van der Waals surface area contributed by atoms with Gasteiger partial charge in [-0.25, -0.2) is 0 Å². The summed E-state index contributed by atoms with van der Waals surface area (Å²) in [7, 11) is 0. The first-order valence-corrected chi connectivity index (χ1v) is 4.90. The molecule has 1 heterocycles. The highest BCUT2D eigenvalue weighted by molar-refractivity contribution is 7.99. The minimum absolute atomic E-state index is 0.126. The van der Waals surface area contributed by atoms with Crippen LogP contribution in [-0.4, -0.2) is 17.3 Å². The Balaban J connectivity index is 2.47. The summed E-state index contributed by atoms with van der Waals surface area (Å²) in [6, 6.07) is 0. The van der Waals surface area contributed by atoms with E-state index in [0.717, 1.165) is 12.2 Å². The summed E-state index contributed by atoms with van der Waals surface area (Å²) in [5.74, 6) is 2.41. The van der Waals surface area contributed by atoms with Crippen molar-refractivity contribution >= 4 is 17.5 Å². The lowest BCUT2D eigenvalue weighted by Gasteiger charge is -2.07. The Bertz CT molecular complexity index is 204. The molecular formula is C9H12OS. The molecule has 0 fully saturated rings. The van der Waals surface area contributed by atoms with Crippen molar-refractivity contribution in [3.8, 4) is 0 Å². The van der Waals surface area contributed by atoms with Gasteiger partial charge in [-0.15, -0.1) is 0 Å². The minimum Gasteiger partial charge on any atom is -0.295 e. The molecular weight excluding hydrogens is 156 g/mol. The lowest BCUT2D eigenvalue weighted by atomic mass is 10.2. The first kappa shape index (κ1) is 8.60. The number of ketones is 1. The molecule has 2 heteroatoms. The zero-order chi connectivity index (χ0) is 8.10. The number of hydrogen-bond acceptors (Lipinski definition) is 2. The van der Waals surface area contributed by atoms with Crippen molar-refractivity contribution in [1.82, 2.24) is 0 Å². The van der Waals surface area contributed by atoms with Gasteiger partial charge >= 0.3 is 0 Å². The topological polar surface area (TPSA) is 17.1 Å². The van der Waals surface area contributed by atoms with Crippen molar-refractivity contribution in [1.29, 1.82) is 0 Å². The molecule has 0 aromatic carbocycles. The minimum atomic E-state index is 0.126. The summed E-state index contributed by atoms with van der Waals surface area (Å²) in [6.45, 7) is 1.58. The Hall–Kier alpha value is -0.500. The summed E-state index contributed by atoms with van der Waals surface area (Å²) in [4.78, 5) is 10.6. The summed E-state index contributed by atoms with van der Waals surface area (Å²) >= 11 is 1.92. The van der Waals surface area contributed by atoms with Gasteiger partial charge in [0.15, 0.2) is 5.78 Å². The van der Waals surface area contributed by atoms with Gasteiger partial charge in [0.1, 0.15) is 0 Å². The molecule has 0 atom stereocenters. The second kappa shape index (κ2) is 4.39. The summed E-state index contributed by atoms with van der Waals surface area (Å²) < 4.78 is 0. The van der Waals surface area contributed by atoms with Crippen LogP contribution in [0.25, 0.3) is 0 Å². The third-order valence-corrected chi connectivity index (χ3v) is 2.53. The van der Waals surface area contributed by atoms with E-state index in [1.54, 1.807) is 13.0 Å². The maximum Gasteiger partial charge on any atom is 0.152 e. The van der Waals surface area contributed by atoms with E-state index in [1.165, 1.54) is 11.3 Å². The zero-order valence-electron chi connectivity index (χ0n) is 6.67. The Kier molecular flexibility index (Phi) is 3.43. The number of carbonyl (C=O) groups is 1. The largest absolute Gasteiger partial charge is 0.295 e. The Morgan fingerprint density at radius 1 is 1.73 bits per heavy atom. The van der Waals surface area contributed by atoms with Crippen LogP contribution in [0.4, 0.5) is 0 Å². The van der Waals surface area contributed by atoms with Gasteiger partial charge < -0.3 is 0 Å². The van der Waals surface area contributed by atoms with Gasteiger partial charge in [-0.3, -0.25) is 4.79 Å². The van der Waals surface area contributed by atoms with Crippen molar-refractivity contribution in [2.45, 2.75) is 13.3 Å². The molecule has 11 heavy (non-hydrogen) atoms. The summed E-state index contributed by atoms with van der Waals surface area (Å²) in [6.07, 6.45) is 6.91. The molecule has 0 aromatic heterocycles. The third kappa shape index (κ3) is 3.42. The second-order valence-corrected chi connectivity index (χ2v) is 3.67. The standard InChI is InChI=1S/C9H12OS/c1-8(10)4-5-9-3-2-6-11-7-9/h3-5H,2,6-7H2,1H3/b5-4+. The molecule has 0 saturated heterocycles. The molecule has 60 valence electrons. The van der Waals surface area contributed by atoms with Crippen LogP contribution >= 0.6 is 11.8 Å². The van der Waals surface area contributed by atoms with Gasteiger partial charge in [0.25, 0.3) is 0 Å². The van der Waals surface area contributed by atoms with Gasteiger partial charge in [-0.1, -0.05) is 12.2 Å². The molecule has 0 N–H and O–H groups in total. The number of rotatable bonds is 2. The molecule has 1 nitrogen and oxygen atoms in total. The van der Waals surface area contributed by atoms with Crippen molar-refractivity contribution in [2.24, 2.45) is 0 Å². The fourth-order valence-corrected chi connectivity index (χ4v) is 1.80. The second-order valence-electron chi connectivity index (χ2n) is 2.56. The van der Waals surface area contributed by atoms with Crippen LogP contribution in [0.15, 0.2) is 23.8 Å². The predicted octanol–water partition coefficient (Wildman–Crippen LogP) is 2.19. The number of carbonyl (C=O) groups excluding carboxylic acids is 1. The van der Waals surface area contributed by atoms with Gasteiger partial charge in [0, 0.05) is 5.75 Å². The molecule has 1 rings (SSSR count). The average Bonchev–Trinajstić information content (AvgIpc) is 2.03. The van der Waals surface area contributed by atoms with E-state index in [-0.39, 0.29) is 5.78 Å². The van der Waals surface area contributed by atoms with Gasteiger partial charge in [-0.2, -0.15) is 11.8 Å². The van der Waals surface area contributed by atoms with Crippen LogP contribution in [0.2, 0.25) is 0 Å². The van der Waals surface area contributed by atoms with Crippen LogP contribution in [0, 0.1) is 0 Å². The Labute approximate surface area is 71.6 Å². The third-order valence-electron chi connectivity index (χ3n) is 1.47. The quantitative estimate of drug-likeness (QED) is 0.588. The highest BCUT2D eigenvalue weighted by atomic mass is 32.2. The molecule has 1 aliphatic rings. The van der Waals surface area contributed by atoms with Gasteiger partial charge in [-0.05, 0) is 30.7 Å². The summed E-state index contributed by atoms with van der Waals surface area (Å²) in [5.41, 5.74) is 1.29. The van der Waals surface area contributed by atoms with Crippen LogP contribution in [0.5, 0.6) is 0 Å². The van der Waals surface area contributed by atoms with E-state index < -0.39 is 0 Å². The van der Waals surface area contributed by atoms with Crippen LogP contribution < -0.4 is 0 Å². The van der Waals surface area contributed by atoms with E-state index in [1.807, 2.05) is 17.8 Å². The van der Waals surface area contributed by atoms with Crippen molar-refractivity contribution in [2.75, 3.05) is 11.5 Å². The monoisotopic (exact) mass is 168 g/mol. The smallest absolute Gasteiger partial charge is 0.152 e.